The third kappa shape index (κ3) is 3.34. The van der Waals surface area contributed by atoms with Gasteiger partial charge in [-0.2, -0.15) is 0 Å². The normalized spacial score (nSPS) is 10.5. The lowest BCUT2D eigenvalue weighted by molar-refractivity contribution is 0.0991. The van der Waals surface area contributed by atoms with Crippen molar-refractivity contribution < 1.29 is 9.18 Å². The highest BCUT2D eigenvalue weighted by Crippen LogP contribution is 2.20. The van der Waals surface area contributed by atoms with E-state index >= 15 is 0 Å². The van der Waals surface area contributed by atoms with Gasteiger partial charge in [-0.3, -0.25) is 4.79 Å². The van der Waals surface area contributed by atoms with Crippen LogP contribution in [0.25, 0.3) is 0 Å². The Morgan fingerprint density at radius 1 is 1.11 bits per heavy atom. The average Bonchev–Trinajstić information content (AvgIpc) is 2.35. The molecule has 0 amide bonds. The van der Waals surface area contributed by atoms with Gasteiger partial charge >= 0.3 is 0 Å². The Hall–Kier alpha value is -1.38. The molecule has 98 valence electrons. The summed E-state index contributed by atoms with van der Waals surface area (Å²) in [5.74, 6) is -0.637. The summed E-state index contributed by atoms with van der Waals surface area (Å²) in [6.07, 6.45) is -0.00974. The maximum atomic E-state index is 13.6. The van der Waals surface area contributed by atoms with Crippen molar-refractivity contribution in [1.82, 2.24) is 0 Å². The maximum absolute atomic E-state index is 13.6. The van der Waals surface area contributed by atoms with Gasteiger partial charge in [-0.1, -0.05) is 35.3 Å². The van der Waals surface area contributed by atoms with Crippen molar-refractivity contribution in [3.63, 3.8) is 0 Å². The van der Waals surface area contributed by atoms with Crippen molar-refractivity contribution in [2.24, 2.45) is 0 Å². The number of hydrogen-bond acceptors (Lipinski definition) is 1. The Kier molecular flexibility index (Phi) is 4.23. The molecular weight excluding hydrogens is 286 g/mol. The lowest BCUT2D eigenvalue weighted by Gasteiger charge is -2.07. The summed E-state index contributed by atoms with van der Waals surface area (Å²) in [4.78, 5) is 12.2. The summed E-state index contributed by atoms with van der Waals surface area (Å²) in [6, 6.07) is 9.39. The average molecular weight is 297 g/mol. The minimum Gasteiger partial charge on any atom is -0.294 e. The Balaban J connectivity index is 2.28. The van der Waals surface area contributed by atoms with Gasteiger partial charge in [-0.05, 0) is 42.3 Å². The van der Waals surface area contributed by atoms with Gasteiger partial charge in [0.2, 0.25) is 0 Å². The summed E-state index contributed by atoms with van der Waals surface area (Å²) < 4.78 is 13.6. The second kappa shape index (κ2) is 5.72. The maximum Gasteiger partial charge on any atom is 0.167 e. The third-order valence-corrected chi connectivity index (χ3v) is 3.34. The van der Waals surface area contributed by atoms with Crippen LogP contribution in [0, 0.1) is 12.7 Å². The Labute approximate surface area is 121 Å². The van der Waals surface area contributed by atoms with Crippen LogP contribution in [0.1, 0.15) is 21.5 Å². The van der Waals surface area contributed by atoms with E-state index < -0.39 is 5.82 Å². The van der Waals surface area contributed by atoms with Gasteiger partial charge < -0.3 is 0 Å². The number of ketones is 1. The smallest absolute Gasteiger partial charge is 0.167 e. The van der Waals surface area contributed by atoms with Gasteiger partial charge in [-0.25, -0.2) is 4.39 Å². The lowest BCUT2D eigenvalue weighted by Crippen LogP contribution is -2.07. The molecule has 0 aliphatic carbocycles. The Morgan fingerprint density at radius 3 is 2.42 bits per heavy atom. The van der Waals surface area contributed by atoms with Crippen molar-refractivity contribution in [3.8, 4) is 0 Å². The molecule has 0 radical (unpaired) electrons. The monoisotopic (exact) mass is 296 g/mol. The van der Waals surface area contributed by atoms with E-state index in [9.17, 15) is 9.18 Å². The van der Waals surface area contributed by atoms with Crippen molar-refractivity contribution >= 4 is 29.0 Å². The molecule has 0 aliphatic heterocycles. The fourth-order valence-electron chi connectivity index (χ4n) is 1.83. The largest absolute Gasteiger partial charge is 0.294 e. The van der Waals surface area contributed by atoms with Gasteiger partial charge in [-0.15, -0.1) is 0 Å². The summed E-state index contributed by atoms with van der Waals surface area (Å²) >= 11 is 11.5. The standard InChI is InChI=1S/C15H11Cl2FO/c1-9-2-4-11(16)7-13(9)15(19)6-10-3-5-12(17)8-14(10)18/h2-5,7-8H,6H2,1H3. The number of carbonyl (C=O) groups excluding carboxylic acids is 1. The van der Waals surface area contributed by atoms with Crippen LogP contribution in [0.2, 0.25) is 10.0 Å². The minimum absolute atomic E-state index is 0.00974. The Morgan fingerprint density at radius 2 is 1.74 bits per heavy atom. The predicted octanol–water partition coefficient (Wildman–Crippen LogP) is 4.87. The second-order valence-corrected chi connectivity index (χ2v) is 5.17. The summed E-state index contributed by atoms with van der Waals surface area (Å²) in [6.45, 7) is 1.82. The molecule has 0 bridgehead atoms. The quantitative estimate of drug-likeness (QED) is 0.739. The summed E-state index contributed by atoms with van der Waals surface area (Å²) in [7, 11) is 0. The molecule has 0 saturated heterocycles. The van der Waals surface area contributed by atoms with Gasteiger partial charge in [0.05, 0.1) is 0 Å². The van der Waals surface area contributed by atoms with E-state index in [0.717, 1.165) is 5.56 Å². The van der Waals surface area contributed by atoms with Crippen molar-refractivity contribution in [2.75, 3.05) is 0 Å². The number of rotatable bonds is 3. The van der Waals surface area contributed by atoms with E-state index in [2.05, 4.69) is 0 Å². The van der Waals surface area contributed by atoms with Gasteiger partial charge in [0.1, 0.15) is 5.82 Å². The van der Waals surface area contributed by atoms with E-state index in [1.165, 1.54) is 12.1 Å². The van der Waals surface area contributed by atoms with E-state index in [4.69, 9.17) is 23.2 Å². The number of halogens is 3. The summed E-state index contributed by atoms with van der Waals surface area (Å²) in [5, 5.41) is 0.804. The molecule has 0 aromatic heterocycles. The van der Waals surface area contributed by atoms with Crippen LogP contribution in [-0.2, 0) is 6.42 Å². The summed E-state index contributed by atoms with van der Waals surface area (Å²) in [5.41, 5.74) is 1.67. The Bertz CT molecular complexity index is 638. The van der Waals surface area contributed by atoms with Crippen LogP contribution in [0.3, 0.4) is 0 Å². The van der Waals surface area contributed by atoms with Crippen LogP contribution in [0.15, 0.2) is 36.4 Å². The van der Waals surface area contributed by atoms with E-state index in [1.54, 1.807) is 24.3 Å². The van der Waals surface area contributed by atoms with Crippen LogP contribution in [-0.4, -0.2) is 5.78 Å². The van der Waals surface area contributed by atoms with Crippen molar-refractivity contribution in [1.29, 1.82) is 0 Å². The first-order valence-electron chi connectivity index (χ1n) is 5.70. The highest BCUT2D eigenvalue weighted by Gasteiger charge is 2.13. The molecular formula is C15H11Cl2FO. The number of benzene rings is 2. The molecule has 0 saturated carbocycles. The molecule has 2 aromatic rings. The fraction of sp³-hybridized carbons (Fsp3) is 0.133. The molecule has 0 spiro atoms. The van der Waals surface area contributed by atoms with Crippen molar-refractivity contribution in [2.45, 2.75) is 13.3 Å². The molecule has 19 heavy (non-hydrogen) atoms. The number of hydrogen-bond donors (Lipinski definition) is 0. The molecule has 1 nitrogen and oxygen atoms in total. The lowest BCUT2D eigenvalue weighted by atomic mass is 9.99. The SMILES string of the molecule is Cc1ccc(Cl)cc1C(=O)Cc1ccc(Cl)cc1F. The highest BCUT2D eigenvalue weighted by molar-refractivity contribution is 6.31. The number of aryl methyl sites for hydroxylation is 1. The van der Waals surface area contributed by atoms with Crippen LogP contribution >= 0.6 is 23.2 Å². The number of carbonyl (C=O) groups is 1. The topological polar surface area (TPSA) is 17.1 Å². The van der Waals surface area contributed by atoms with Gasteiger partial charge in [0.25, 0.3) is 0 Å². The first kappa shape index (κ1) is 14.0. The zero-order valence-corrected chi connectivity index (χ0v) is 11.7. The first-order valence-corrected chi connectivity index (χ1v) is 6.46. The van der Waals surface area contributed by atoms with Gasteiger partial charge in [0.15, 0.2) is 5.78 Å². The van der Waals surface area contributed by atoms with Crippen LogP contribution in [0.4, 0.5) is 4.39 Å². The van der Waals surface area contributed by atoms with Crippen LogP contribution < -0.4 is 0 Å². The van der Waals surface area contributed by atoms with E-state index in [0.29, 0.717) is 21.2 Å². The first-order chi connectivity index (χ1) is 8.97. The molecule has 2 aromatic carbocycles. The third-order valence-electron chi connectivity index (χ3n) is 2.87. The highest BCUT2D eigenvalue weighted by atomic mass is 35.5. The molecule has 0 aliphatic rings. The fourth-order valence-corrected chi connectivity index (χ4v) is 2.16. The van der Waals surface area contributed by atoms with Crippen LogP contribution in [0.5, 0.6) is 0 Å². The second-order valence-electron chi connectivity index (χ2n) is 4.29. The molecule has 0 heterocycles. The zero-order chi connectivity index (χ0) is 14.0. The van der Waals surface area contributed by atoms with E-state index in [1.807, 2.05) is 6.92 Å². The van der Waals surface area contributed by atoms with Gasteiger partial charge in [0, 0.05) is 22.0 Å². The van der Waals surface area contributed by atoms with E-state index in [-0.39, 0.29) is 12.2 Å². The molecule has 0 atom stereocenters. The predicted molar refractivity (Wildman–Crippen MR) is 75.6 cm³/mol. The number of Topliss-reactive ketones (excluding diaryl/α,β-unsaturated/α-hetero) is 1. The molecule has 0 fully saturated rings. The molecule has 4 heteroatoms. The molecule has 2 rings (SSSR count). The minimum atomic E-state index is -0.472. The zero-order valence-electron chi connectivity index (χ0n) is 10.2. The van der Waals surface area contributed by atoms with Crippen molar-refractivity contribution in [3.05, 3.63) is 69.0 Å². The molecule has 0 unspecified atom stereocenters. The molecule has 0 N–H and O–H groups in total.